The van der Waals surface area contributed by atoms with Gasteiger partial charge in [-0.2, -0.15) is 0 Å². The quantitative estimate of drug-likeness (QED) is 0.181. The number of allylic oxidation sites excluding steroid dienone is 1. The molecule has 2 aliphatic carbocycles. The van der Waals surface area contributed by atoms with Gasteiger partial charge in [0.15, 0.2) is 5.58 Å². The van der Waals surface area contributed by atoms with Crippen molar-refractivity contribution in [3.63, 3.8) is 0 Å². The molecule has 0 aliphatic heterocycles. The van der Waals surface area contributed by atoms with Crippen LogP contribution in [0.15, 0.2) is 186 Å². The SMILES string of the molecule is C1=CC(c2cccc3c2-c2ccccc2C3(c2ccccc2)c2ccc3oc(-c4ccccc4)nc3c2)Cc2c1n(-c1ccccc1)c1ccccc21. The number of para-hydroxylation sites is 2. The van der Waals surface area contributed by atoms with E-state index < -0.39 is 5.41 Å². The minimum Gasteiger partial charge on any atom is -0.436 e. The number of oxazole rings is 1. The van der Waals surface area contributed by atoms with Gasteiger partial charge in [-0.25, -0.2) is 4.98 Å². The first-order valence-corrected chi connectivity index (χ1v) is 18.4. The highest BCUT2D eigenvalue weighted by Gasteiger charge is 2.47. The summed E-state index contributed by atoms with van der Waals surface area (Å²) in [4.78, 5) is 5.04. The van der Waals surface area contributed by atoms with E-state index in [0.29, 0.717) is 5.89 Å². The minimum atomic E-state index is -0.546. The Morgan fingerprint density at radius 2 is 1.34 bits per heavy atom. The molecule has 0 N–H and O–H groups in total. The predicted octanol–water partition coefficient (Wildman–Crippen LogP) is 12.2. The van der Waals surface area contributed by atoms with E-state index in [0.717, 1.165) is 23.1 Å². The molecule has 0 amide bonds. The largest absolute Gasteiger partial charge is 0.436 e. The first-order chi connectivity index (χ1) is 26.3. The standard InChI is InChI=1S/C50H34N2O/c1-4-15-33(16-5-1)49-51-44-32-36(28-30-47(44)53-49)50(35-17-6-2-7-18-35)42-24-12-10-22-40(42)48-38(23-14-25-43(48)50)34-27-29-46-41(31-34)39-21-11-13-26-45(39)52(46)37-19-8-3-9-20-37/h1-30,32,34H,31H2. The zero-order valence-corrected chi connectivity index (χ0v) is 29.0. The lowest BCUT2D eigenvalue weighted by Crippen LogP contribution is -2.28. The van der Waals surface area contributed by atoms with Gasteiger partial charge < -0.3 is 8.98 Å². The molecule has 53 heavy (non-hydrogen) atoms. The van der Waals surface area contributed by atoms with E-state index in [2.05, 4.69) is 162 Å². The Bertz CT molecular complexity index is 2860. The van der Waals surface area contributed by atoms with Gasteiger partial charge in [-0.05, 0) is 99.5 Å². The number of aromatic nitrogens is 2. The predicted molar refractivity (Wildman–Crippen MR) is 216 cm³/mol. The number of fused-ring (bicyclic) bond motifs is 7. The van der Waals surface area contributed by atoms with Crippen molar-refractivity contribution in [3.05, 3.63) is 221 Å². The molecule has 2 heterocycles. The fourth-order valence-corrected chi connectivity index (χ4v) is 9.29. The van der Waals surface area contributed by atoms with Crippen LogP contribution in [0.3, 0.4) is 0 Å². The molecule has 0 fully saturated rings. The van der Waals surface area contributed by atoms with Gasteiger partial charge in [0.1, 0.15) is 5.52 Å². The Morgan fingerprint density at radius 3 is 2.19 bits per heavy atom. The average molecular weight is 679 g/mol. The van der Waals surface area contributed by atoms with Crippen molar-refractivity contribution in [2.75, 3.05) is 0 Å². The van der Waals surface area contributed by atoms with Crippen molar-refractivity contribution in [2.24, 2.45) is 0 Å². The molecule has 11 rings (SSSR count). The van der Waals surface area contributed by atoms with Crippen LogP contribution in [0.2, 0.25) is 0 Å². The molecule has 0 saturated carbocycles. The van der Waals surface area contributed by atoms with E-state index in [1.54, 1.807) is 0 Å². The number of nitrogens with zero attached hydrogens (tertiary/aromatic N) is 2. The van der Waals surface area contributed by atoms with Gasteiger partial charge in [0.2, 0.25) is 5.89 Å². The first-order valence-electron chi connectivity index (χ1n) is 18.4. The van der Waals surface area contributed by atoms with Crippen LogP contribution < -0.4 is 0 Å². The van der Waals surface area contributed by atoms with Crippen LogP contribution in [0.5, 0.6) is 0 Å². The Balaban J connectivity index is 1.12. The van der Waals surface area contributed by atoms with Crippen LogP contribution in [-0.2, 0) is 11.8 Å². The molecule has 7 aromatic carbocycles. The second-order valence-corrected chi connectivity index (χ2v) is 14.2. The monoisotopic (exact) mass is 678 g/mol. The maximum Gasteiger partial charge on any atom is 0.227 e. The summed E-state index contributed by atoms with van der Waals surface area (Å²) in [6, 6.07) is 63.4. The van der Waals surface area contributed by atoms with E-state index >= 15 is 0 Å². The zero-order chi connectivity index (χ0) is 34.9. The molecule has 2 unspecified atom stereocenters. The molecular weight excluding hydrogens is 645 g/mol. The number of rotatable bonds is 5. The lowest BCUT2D eigenvalue weighted by Gasteiger charge is -2.34. The lowest BCUT2D eigenvalue weighted by atomic mass is 9.67. The minimum absolute atomic E-state index is 0.207. The van der Waals surface area contributed by atoms with Gasteiger partial charge in [0, 0.05) is 28.2 Å². The topological polar surface area (TPSA) is 31.0 Å². The van der Waals surface area contributed by atoms with Crippen molar-refractivity contribution in [3.8, 4) is 28.3 Å². The summed E-state index contributed by atoms with van der Waals surface area (Å²) in [6.45, 7) is 0. The molecule has 0 bridgehead atoms. The number of benzene rings is 7. The van der Waals surface area contributed by atoms with Crippen molar-refractivity contribution >= 4 is 28.1 Å². The second-order valence-electron chi connectivity index (χ2n) is 14.2. The lowest BCUT2D eigenvalue weighted by molar-refractivity contribution is 0.619. The molecule has 0 radical (unpaired) electrons. The third-order valence-corrected chi connectivity index (χ3v) is 11.5. The second kappa shape index (κ2) is 11.7. The van der Waals surface area contributed by atoms with E-state index in [1.807, 2.05) is 30.3 Å². The van der Waals surface area contributed by atoms with Gasteiger partial charge in [-0.15, -0.1) is 0 Å². The van der Waals surface area contributed by atoms with E-state index in [9.17, 15) is 0 Å². The van der Waals surface area contributed by atoms with Crippen LogP contribution >= 0.6 is 0 Å². The fourth-order valence-electron chi connectivity index (χ4n) is 9.29. The highest BCUT2D eigenvalue weighted by molar-refractivity contribution is 5.93. The molecule has 0 saturated heterocycles. The smallest absolute Gasteiger partial charge is 0.227 e. The van der Waals surface area contributed by atoms with Crippen LogP contribution in [-0.4, -0.2) is 9.55 Å². The van der Waals surface area contributed by atoms with Gasteiger partial charge in [-0.1, -0.05) is 140 Å². The first kappa shape index (κ1) is 30.0. The summed E-state index contributed by atoms with van der Waals surface area (Å²) in [5.74, 6) is 0.844. The maximum atomic E-state index is 6.32. The fraction of sp³-hybridized carbons (Fsp3) is 0.0600. The Hall–Kier alpha value is -6.71. The van der Waals surface area contributed by atoms with Crippen molar-refractivity contribution < 1.29 is 4.42 Å². The van der Waals surface area contributed by atoms with Gasteiger partial charge in [-0.3, -0.25) is 0 Å². The van der Waals surface area contributed by atoms with E-state index in [4.69, 9.17) is 9.40 Å². The summed E-state index contributed by atoms with van der Waals surface area (Å²) in [5, 5.41) is 1.32. The van der Waals surface area contributed by atoms with Gasteiger partial charge >= 0.3 is 0 Å². The van der Waals surface area contributed by atoms with Crippen LogP contribution in [0, 0.1) is 0 Å². The molecule has 2 aliphatic rings. The molecule has 2 atom stereocenters. The molecule has 3 nitrogen and oxygen atoms in total. The van der Waals surface area contributed by atoms with E-state index in [1.165, 1.54) is 66.8 Å². The summed E-state index contributed by atoms with van der Waals surface area (Å²) in [7, 11) is 0. The Labute approximate surface area is 308 Å². The molecule has 2 aromatic heterocycles. The summed E-state index contributed by atoms with van der Waals surface area (Å²) >= 11 is 0. The average Bonchev–Trinajstić information content (AvgIpc) is 3.90. The molecule has 0 spiro atoms. The highest BCUT2D eigenvalue weighted by Crippen LogP contribution is 2.58. The van der Waals surface area contributed by atoms with Gasteiger partial charge in [0.25, 0.3) is 0 Å². The normalized spacial score (nSPS) is 17.2. The summed E-state index contributed by atoms with van der Waals surface area (Å²) in [6.07, 6.45) is 5.73. The van der Waals surface area contributed by atoms with Crippen LogP contribution in [0.1, 0.15) is 45.0 Å². The molecule has 3 heteroatoms. The Morgan fingerprint density at radius 1 is 0.623 bits per heavy atom. The summed E-state index contributed by atoms with van der Waals surface area (Å²) < 4.78 is 8.74. The third-order valence-electron chi connectivity index (χ3n) is 11.5. The molecule has 250 valence electrons. The third kappa shape index (κ3) is 4.37. The Kier molecular flexibility index (Phi) is 6.59. The summed E-state index contributed by atoms with van der Waals surface area (Å²) in [5.41, 5.74) is 16.2. The van der Waals surface area contributed by atoms with Crippen LogP contribution in [0.4, 0.5) is 0 Å². The van der Waals surface area contributed by atoms with Crippen molar-refractivity contribution in [1.29, 1.82) is 0 Å². The number of hydrogen-bond acceptors (Lipinski definition) is 2. The zero-order valence-electron chi connectivity index (χ0n) is 29.0. The van der Waals surface area contributed by atoms with Crippen molar-refractivity contribution in [1.82, 2.24) is 9.55 Å². The molecular formula is C50H34N2O. The number of hydrogen-bond donors (Lipinski definition) is 0. The van der Waals surface area contributed by atoms with Gasteiger partial charge in [0.05, 0.1) is 10.9 Å². The highest BCUT2D eigenvalue weighted by atomic mass is 16.3. The molecule has 9 aromatic rings. The van der Waals surface area contributed by atoms with Crippen LogP contribution in [0.25, 0.3) is 56.3 Å². The van der Waals surface area contributed by atoms with E-state index in [-0.39, 0.29) is 5.92 Å². The van der Waals surface area contributed by atoms with Crippen molar-refractivity contribution in [2.45, 2.75) is 17.8 Å². The maximum absolute atomic E-state index is 6.32.